The number of hydrogen-bond acceptors (Lipinski definition) is 3. The molecule has 2 rings (SSSR count). The van der Waals surface area contributed by atoms with E-state index in [2.05, 4.69) is 37.7 Å². The van der Waals surface area contributed by atoms with E-state index in [1.54, 1.807) is 0 Å². The van der Waals surface area contributed by atoms with Gasteiger partial charge in [-0.1, -0.05) is 13.8 Å². The van der Waals surface area contributed by atoms with Crippen molar-refractivity contribution in [3.8, 4) is 0 Å². The van der Waals surface area contributed by atoms with Gasteiger partial charge in [0, 0.05) is 24.4 Å². The number of rotatable bonds is 4. The van der Waals surface area contributed by atoms with Crippen molar-refractivity contribution in [1.82, 2.24) is 9.80 Å². The maximum Gasteiger partial charge on any atom is 0.142 e. The highest BCUT2D eigenvalue weighted by Gasteiger charge is 2.40. The van der Waals surface area contributed by atoms with Gasteiger partial charge < -0.3 is 9.80 Å². The molecule has 2 fully saturated rings. The Morgan fingerprint density at radius 1 is 1.21 bits per heavy atom. The highest BCUT2D eigenvalue weighted by molar-refractivity contribution is 5.88. The summed E-state index contributed by atoms with van der Waals surface area (Å²) in [4.78, 5) is 17.1. The number of carbonyl (C=O) groups excluding carboxylic acids is 1. The largest absolute Gasteiger partial charge is 0.306 e. The van der Waals surface area contributed by atoms with Gasteiger partial charge in [-0.15, -0.1) is 0 Å². The summed E-state index contributed by atoms with van der Waals surface area (Å²) in [6.07, 6.45) is 4.78. The van der Waals surface area contributed by atoms with Crippen molar-refractivity contribution in [2.45, 2.75) is 39.5 Å². The van der Waals surface area contributed by atoms with Crippen molar-refractivity contribution in [3.05, 3.63) is 0 Å². The second kappa shape index (κ2) is 5.92. The highest BCUT2D eigenvalue weighted by atomic mass is 16.1. The molecule has 110 valence electrons. The average Bonchev–Trinajstić information content (AvgIpc) is 2.59. The second-order valence-electron chi connectivity index (χ2n) is 7.45. The lowest BCUT2D eigenvalue weighted by Gasteiger charge is -2.32. The molecule has 1 aliphatic heterocycles. The van der Waals surface area contributed by atoms with Gasteiger partial charge in [0.2, 0.25) is 0 Å². The molecule has 1 saturated heterocycles. The van der Waals surface area contributed by atoms with Crippen LogP contribution in [-0.4, -0.2) is 55.9 Å². The Bertz CT molecular complexity index is 319. The zero-order chi connectivity index (χ0) is 14.0. The number of piperidine rings is 1. The summed E-state index contributed by atoms with van der Waals surface area (Å²) in [5.74, 6) is 1.60. The molecule has 0 aromatic carbocycles. The van der Waals surface area contributed by atoms with Gasteiger partial charge >= 0.3 is 0 Å². The minimum Gasteiger partial charge on any atom is -0.306 e. The molecule has 3 heteroatoms. The van der Waals surface area contributed by atoms with E-state index in [9.17, 15) is 4.79 Å². The molecule has 1 unspecified atom stereocenters. The summed E-state index contributed by atoms with van der Waals surface area (Å²) in [5, 5.41) is 0. The first kappa shape index (κ1) is 15.0. The first-order valence-corrected chi connectivity index (χ1v) is 7.80. The van der Waals surface area contributed by atoms with E-state index in [1.165, 1.54) is 25.9 Å². The van der Waals surface area contributed by atoms with Crippen molar-refractivity contribution < 1.29 is 4.79 Å². The number of ketones is 1. The minimum absolute atomic E-state index is 0.0704. The summed E-state index contributed by atoms with van der Waals surface area (Å²) < 4.78 is 0. The Morgan fingerprint density at radius 2 is 1.84 bits per heavy atom. The van der Waals surface area contributed by atoms with Crippen LogP contribution in [0.25, 0.3) is 0 Å². The monoisotopic (exact) mass is 266 g/mol. The van der Waals surface area contributed by atoms with E-state index in [0.29, 0.717) is 5.78 Å². The van der Waals surface area contributed by atoms with Gasteiger partial charge in [0.1, 0.15) is 5.78 Å². The van der Waals surface area contributed by atoms with Crippen LogP contribution in [0, 0.1) is 17.3 Å². The Morgan fingerprint density at radius 3 is 2.37 bits per heavy atom. The first-order valence-electron chi connectivity index (χ1n) is 7.80. The third kappa shape index (κ3) is 3.79. The Balaban J connectivity index is 1.76. The lowest BCUT2D eigenvalue weighted by atomic mass is 9.89. The smallest absolute Gasteiger partial charge is 0.142 e. The third-order valence-corrected chi connectivity index (χ3v) is 5.10. The minimum atomic E-state index is -0.0704. The second-order valence-corrected chi connectivity index (χ2v) is 7.45. The van der Waals surface area contributed by atoms with Crippen LogP contribution in [0.2, 0.25) is 0 Å². The molecule has 0 aromatic heterocycles. The topological polar surface area (TPSA) is 23.6 Å². The van der Waals surface area contributed by atoms with Gasteiger partial charge in [0.15, 0.2) is 0 Å². The molecule has 0 spiro atoms. The Hall–Kier alpha value is -0.410. The average molecular weight is 266 g/mol. The fourth-order valence-electron chi connectivity index (χ4n) is 3.65. The maximum atomic E-state index is 12.3. The number of nitrogens with zero attached hydrogens (tertiary/aromatic N) is 2. The van der Waals surface area contributed by atoms with Gasteiger partial charge in [-0.3, -0.25) is 4.79 Å². The molecular weight excluding hydrogens is 236 g/mol. The number of likely N-dealkylation sites (tertiary alicyclic amines) is 1. The summed E-state index contributed by atoms with van der Waals surface area (Å²) in [6, 6.07) is 0. The molecule has 1 saturated carbocycles. The zero-order valence-corrected chi connectivity index (χ0v) is 13.1. The van der Waals surface area contributed by atoms with Crippen molar-refractivity contribution in [1.29, 1.82) is 0 Å². The van der Waals surface area contributed by atoms with Crippen LogP contribution in [0.5, 0.6) is 0 Å². The Labute approximate surface area is 118 Å². The van der Waals surface area contributed by atoms with Crippen LogP contribution in [0.15, 0.2) is 0 Å². The fraction of sp³-hybridized carbons (Fsp3) is 0.938. The van der Waals surface area contributed by atoms with Crippen LogP contribution in [-0.2, 0) is 4.79 Å². The van der Waals surface area contributed by atoms with Gasteiger partial charge in [-0.25, -0.2) is 0 Å². The molecular formula is C16H30N2O. The molecule has 0 amide bonds. The molecule has 0 N–H and O–H groups in total. The van der Waals surface area contributed by atoms with Gasteiger partial charge in [0.25, 0.3) is 0 Å². The van der Waals surface area contributed by atoms with Crippen LogP contribution in [0.1, 0.15) is 39.5 Å². The van der Waals surface area contributed by atoms with Gasteiger partial charge in [-0.2, -0.15) is 0 Å². The van der Waals surface area contributed by atoms with E-state index in [4.69, 9.17) is 0 Å². The predicted octanol–water partition coefficient (Wildman–Crippen LogP) is 2.27. The quantitative estimate of drug-likeness (QED) is 0.780. The standard InChI is InChI=1S/C16H30N2O/c1-16(2)8-5-14(15(16)19)12-18(4)11-13-6-9-17(3)10-7-13/h13-14H,5-12H2,1-4H3. The zero-order valence-electron chi connectivity index (χ0n) is 13.1. The normalized spacial score (nSPS) is 29.3. The summed E-state index contributed by atoms with van der Waals surface area (Å²) in [7, 11) is 4.40. The highest BCUT2D eigenvalue weighted by Crippen LogP contribution is 2.37. The van der Waals surface area contributed by atoms with Crippen molar-refractivity contribution in [2.75, 3.05) is 40.3 Å². The molecule has 0 bridgehead atoms. The van der Waals surface area contributed by atoms with E-state index >= 15 is 0 Å². The lowest BCUT2D eigenvalue weighted by molar-refractivity contribution is -0.127. The van der Waals surface area contributed by atoms with Gasteiger partial charge in [-0.05, 0) is 58.8 Å². The van der Waals surface area contributed by atoms with Crippen molar-refractivity contribution >= 4 is 5.78 Å². The fourth-order valence-corrected chi connectivity index (χ4v) is 3.65. The van der Waals surface area contributed by atoms with Crippen molar-refractivity contribution in [3.63, 3.8) is 0 Å². The maximum absolute atomic E-state index is 12.3. The van der Waals surface area contributed by atoms with E-state index in [0.717, 1.165) is 31.8 Å². The molecule has 0 aromatic rings. The number of carbonyl (C=O) groups is 1. The van der Waals surface area contributed by atoms with Crippen LogP contribution < -0.4 is 0 Å². The number of hydrogen-bond donors (Lipinski definition) is 0. The van der Waals surface area contributed by atoms with Crippen molar-refractivity contribution in [2.24, 2.45) is 17.3 Å². The third-order valence-electron chi connectivity index (χ3n) is 5.10. The van der Waals surface area contributed by atoms with E-state index in [-0.39, 0.29) is 11.3 Å². The number of Topliss-reactive ketones (excluding diaryl/α,β-unsaturated/α-hetero) is 1. The molecule has 19 heavy (non-hydrogen) atoms. The van der Waals surface area contributed by atoms with Crippen LogP contribution in [0.3, 0.4) is 0 Å². The van der Waals surface area contributed by atoms with E-state index in [1.807, 2.05) is 0 Å². The molecule has 1 heterocycles. The van der Waals surface area contributed by atoms with Gasteiger partial charge in [0.05, 0.1) is 0 Å². The summed E-state index contributed by atoms with van der Waals surface area (Å²) in [6.45, 7) is 8.80. The first-order chi connectivity index (χ1) is 8.88. The molecule has 2 aliphatic rings. The Kier molecular flexibility index (Phi) is 4.67. The van der Waals surface area contributed by atoms with Crippen LogP contribution >= 0.6 is 0 Å². The molecule has 0 radical (unpaired) electrons. The molecule has 3 nitrogen and oxygen atoms in total. The molecule has 1 aliphatic carbocycles. The van der Waals surface area contributed by atoms with Crippen LogP contribution in [0.4, 0.5) is 0 Å². The SMILES string of the molecule is CN1CCC(CN(C)CC2CCC(C)(C)C2=O)CC1. The summed E-state index contributed by atoms with van der Waals surface area (Å²) in [5.41, 5.74) is -0.0704. The predicted molar refractivity (Wildman–Crippen MR) is 79.2 cm³/mol. The van der Waals surface area contributed by atoms with E-state index < -0.39 is 0 Å². The lowest BCUT2D eigenvalue weighted by Crippen LogP contribution is -2.38. The summed E-state index contributed by atoms with van der Waals surface area (Å²) >= 11 is 0. The molecule has 1 atom stereocenters.